The van der Waals surface area contributed by atoms with Crippen LogP contribution < -0.4 is 10.6 Å². The van der Waals surface area contributed by atoms with Gasteiger partial charge in [-0.15, -0.1) is 0 Å². The lowest BCUT2D eigenvalue weighted by Gasteiger charge is -2.17. The zero-order valence-corrected chi connectivity index (χ0v) is 21.4. The van der Waals surface area contributed by atoms with Crippen molar-refractivity contribution in [1.29, 1.82) is 0 Å². The number of nitrogens with one attached hydrogen (secondary N) is 2. The van der Waals surface area contributed by atoms with Crippen LogP contribution >= 0.6 is 0 Å². The Morgan fingerprint density at radius 3 is 1.31 bits per heavy atom. The Kier molecular flexibility index (Phi) is 6.94. The molecule has 3 aromatic carbocycles. The molecule has 0 spiro atoms. The molecule has 0 fully saturated rings. The fourth-order valence-electron chi connectivity index (χ4n) is 4.31. The Bertz CT molecular complexity index is 1180. The standard InChI is InChI=1S/C30H34N4O2/c1-19(2)27-17-35-29(33-27)21-11-5-7-13-23(21)31-25-15-9-10-16-26(25)32-24-14-8-6-12-22(24)30-34-28(18-36-30)20(3)4/h5-16,19-20,27-28,31-32H,17-18H2,1-4H3. The van der Waals surface area contributed by atoms with Crippen LogP contribution in [0, 0.1) is 11.8 Å². The number of benzene rings is 3. The van der Waals surface area contributed by atoms with Crippen LogP contribution in [0.4, 0.5) is 22.7 Å². The number of para-hydroxylation sites is 4. The summed E-state index contributed by atoms with van der Waals surface area (Å²) in [5.41, 5.74) is 5.73. The van der Waals surface area contributed by atoms with Crippen LogP contribution in [0.3, 0.4) is 0 Å². The Morgan fingerprint density at radius 2 is 0.944 bits per heavy atom. The van der Waals surface area contributed by atoms with Crippen molar-refractivity contribution in [3.63, 3.8) is 0 Å². The van der Waals surface area contributed by atoms with Crippen LogP contribution in [0.1, 0.15) is 38.8 Å². The van der Waals surface area contributed by atoms with Crippen molar-refractivity contribution in [1.82, 2.24) is 0 Å². The second kappa shape index (κ2) is 10.4. The smallest absolute Gasteiger partial charge is 0.218 e. The monoisotopic (exact) mass is 482 g/mol. The van der Waals surface area contributed by atoms with Gasteiger partial charge in [0.25, 0.3) is 0 Å². The summed E-state index contributed by atoms with van der Waals surface area (Å²) in [6, 6.07) is 24.8. The lowest BCUT2D eigenvalue weighted by atomic mass is 10.1. The van der Waals surface area contributed by atoms with Gasteiger partial charge >= 0.3 is 0 Å². The van der Waals surface area contributed by atoms with E-state index < -0.39 is 0 Å². The van der Waals surface area contributed by atoms with E-state index in [-0.39, 0.29) is 12.1 Å². The van der Waals surface area contributed by atoms with Crippen molar-refractivity contribution in [2.75, 3.05) is 23.8 Å². The molecule has 2 heterocycles. The Labute approximate surface area is 213 Å². The second-order valence-electron chi connectivity index (χ2n) is 10.00. The van der Waals surface area contributed by atoms with Gasteiger partial charge in [-0.05, 0) is 48.2 Å². The van der Waals surface area contributed by atoms with Crippen LogP contribution in [-0.2, 0) is 9.47 Å². The average molecular weight is 483 g/mol. The molecule has 3 aromatic rings. The molecule has 0 bridgehead atoms. The molecular weight excluding hydrogens is 448 g/mol. The summed E-state index contributed by atoms with van der Waals surface area (Å²) < 4.78 is 12.0. The van der Waals surface area contributed by atoms with Gasteiger partial charge in [0, 0.05) is 0 Å². The molecule has 5 rings (SSSR count). The molecule has 2 atom stereocenters. The molecule has 36 heavy (non-hydrogen) atoms. The fraction of sp³-hybridized carbons (Fsp3) is 0.333. The van der Waals surface area contributed by atoms with E-state index in [1.807, 2.05) is 36.4 Å². The van der Waals surface area contributed by atoms with Crippen molar-refractivity contribution in [2.45, 2.75) is 39.8 Å². The van der Waals surface area contributed by atoms with Gasteiger partial charge in [0.2, 0.25) is 11.8 Å². The predicted molar refractivity (Wildman–Crippen MR) is 148 cm³/mol. The molecule has 0 aromatic heterocycles. The maximum atomic E-state index is 5.98. The first kappa shape index (κ1) is 23.9. The van der Waals surface area contributed by atoms with Gasteiger partial charge in [0.05, 0.1) is 46.0 Å². The first-order valence-corrected chi connectivity index (χ1v) is 12.7. The summed E-state index contributed by atoms with van der Waals surface area (Å²) in [5.74, 6) is 2.28. The van der Waals surface area contributed by atoms with E-state index in [9.17, 15) is 0 Å². The topological polar surface area (TPSA) is 67.2 Å². The molecule has 0 radical (unpaired) electrons. The third-order valence-electron chi connectivity index (χ3n) is 6.67. The number of rotatable bonds is 8. The average Bonchev–Trinajstić information content (AvgIpc) is 3.57. The van der Waals surface area contributed by atoms with Crippen LogP contribution in [0.5, 0.6) is 0 Å². The first-order chi connectivity index (χ1) is 17.5. The normalized spacial score (nSPS) is 19.1. The third-order valence-corrected chi connectivity index (χ3v) is 6.67. The maximum absolute atomic E-state index is 5.98. The molecule has 6 nitrogen and oxygen atoms in total. The fourth-order valence-corrected chi connectivity index (χ4v) is 4.31. The lowest BCUT2D eigenvalue weighted by Crippen LogP contribution is -2.13. The van der Waals surface area contributed by atoms with Crippen molar-refractivity contribution in [2.24, 2.45) is 21.8 Å². The lowest BCUT2D eigenvalue weighted by molar-refractivity contribution is 0.292. The number of hydrogen-bond acceptors (Lipinski definition) is 6. The minimum atomic E-state index is 0.189. The van der Waals surface area contributed by atoms with Crippen LogP contribution in [0.2, 0.25) is 0 Å². The summed E-state index contributed by atoms with van der Waals surface area (Å²) in [5, 5.41) is 7.22. The van der Waals surface area contributed by atoms with Gasteiger partial charge in [0.1, 0.15) is 13.2 Å². The number of ether oxygens (including phenoxy) is 2. The van der Waals surface area contributed by atoms with Gasteiger partial charge in [-0.2, -0.15) is 0 Å². The maximum Gasteiger partial charge on any atom is 0.218 e. The largest absolute Gasteiger partial charge is 0.475 e. The minimum absolute atomic E-state index is 0.189. The highest BCUT2D eigenvalue weighted by atomic mass is 16.5. The Hall–Kier alpha value is -3.80. The Balaban J connectivity index is 1.42. The molecule has 0 amide bonds. The van der Waals surface area contributed by atoms with E-state index in [1.54, 1.807) is 0 Å². The van der Waals surface area contributed by atoms with Gasteiger partial charge in [0.15, 0.2) is 0 Å². The zero-order chi connectivity index (χ0) is 25.1. The van der Waals surface area contributed by atoms with E-state index in [0.29, 0.717) is 36.8 Å². The van der Waals surface area contributed by atoms with Crippen molar-refractivity contribution in [3.05, 3.63) is 83.9 Å². The van der Waals surface area contributed by atoms with Gasteiger partial charge in [-0.25, -0.2) is 9.98 Å². The number of aliphatic imine (C=N–C) groups is 2. The molecule has 0 aliphatic carbocycles. The predicted octanol–water partition coefficient (Wildman–Crippen LogP) is 6.78. The van der Waals surface area contributed by atoms with Crippen LogP contribution in [0.25, 0.3) is 0 Å². The van der Waals surface area contributed by atoms with Crippen molar-refractivity contribution >= 4 is 34.5 Å². The van der Waals surface area contributed by atoms with Crippen LogP contribution in [0.15, 0.2) is 82.8 Å². The highest BCUT2D eigenvalue weighted by Gasteiger charge is 2.26. The highest BCUT2D eigenvalue weighted by Crippen LogP contribution is 2.33. The van der Waals surface area contributed by atoms with Gasteiger partial charge < -0.3 is 20.1 Å². The van der Waals surface area contributed by atoms with E-state index >= 15 is 0 Å². The SMILES string of the molecule is CC(C)C1COC(c2ccccc2Nc2ccccc2Nc2ccccc2C2=NC(C(C)C)CO2)=N1. The molecular formula is C30H34N4O2. The molecule has 6 heteroatoms. The molecule has 0 saturated carbocycles. The first-order valence-electron chi connectivity index (χ1n) is 12.7. The minimum Gasteiger partial charge on any atom is -0.475 e. The van der Waals surface area contributed by atoms with Crippen molar-refractivity contribution < 1.29 is 9.47 Å². The molecule has 186 valence electrons. The van der Waals surface area contributed by atoms with Gasteiger partial charge in [-0.1, -0.05) is 64.1 Å². The Morgan fingerprint density at radius 1 is 0.583 bits per heavy atom. The summed E-state index contributed by atoms with van der Waals surface area (Å²) in [6.45, 7) is 9.95. The number of hydrogen-bond donors (Lipinski definition) is 2. The highest BCUT2D eigenvalue weighted by molar-refractivity contribution is 6.03. The summed E-state index contributed by atoms with van der Waals surface area (Å²) >= 11 is 0. The summed E-state index contributed by atoms with van der Waals surface area (Å²) in [7, 11) is 0. The van der Waals surface area contributed by atoms with E-state index in [4.69, 9.17) is 19.5 Å². The van der Waals surface area contributed by atoms with E-state index in [0.717, 1.165) is 33.9 Å². The second-order valence-corrected chi connectivity index (χ2v) is 10.00. The molecule has 2 N–H and O–H groups in total. The zero-order valence-electron chi connectivity index (χ0n) is 21.4. The summed E-state index contributed by atoms with van der Waals surface area (Å²) in [6.07, 6.45) is 0. The molecule has 2 aliphatic rings. The molecule has 2 aliphatic heterocycles. The van der Waals surface area contributed by atoms with E-state index in [1.165, 1.54) is 0 Å². The van der Waals surface area contributed by atoms with Gasteiger partial charge in [-0.3, -0.25) is 0 Å². The van der Waals surface area contributed by atoms with Crippen LogP contribution in [-0.4, -0.2) is 37.1 Å². The van der Waals surface area contributed by atoms with E-state index in [2.05, 4.69) is 74.7 Å². The van der Waals surface area contributed by atoms with Crippen molar-refractivity contribution in [3.8, 4) is 0 Å². The number of nitrogens with zero attached hydrogens (tertiary/aromatic N) is 2. The summed E-state index contributed by atoms with van der Waals surface area (Å²) in [4.78, 5) is 9.67. The molecule has 2 unspecified atom stereocenters. The molecule has 0 saturated heterocycles. The quantitative estimate of drug-likeness (QED) is 0.371. The third kappa shape index (κ3) is 5.08. The number of anilines is 4.